The Bertz CT molecular complexity index is 391. The Morgan fingerprint density at radius 1 is 1.32 bits per heavy atom. The molecule has 0 aromatic carbocycles. The molecule has 0 radical (unpaired) electrons. The summed E-state index contributed by atoms with van der Waals surface area (Å²) in [5.41, 5.74) is 5.90. The zero-order chi connectivity index (χ0) is 16.9. The zero-order valence-corrected chi connectivity index (χ0v) is 13.3. The van der Waals surface area contributed by atoms with E-state index in [1.54, 1.807) is 4.90 Å². The maximum absolute atomic E-state index is 12.3. The number of hydrogen-bond donors (Lipinski definition) is 4. The lowest BCUT2D eigenvalue weighted by atomic mass is 9.80. The van der Waals surface area contributed by atoms with Crippen molar-refractivity contribution in [1.29, 1.82) is 0 Å². The number of aliphatic carboxylic acids is 1. The lowest BCUT2D eigenvalue weighted by Gasteiger charge is -2.22. The molecule has 1 rings (SSSR count). The molecule has 1 heterocycles. The molecule has 0 saturated carbocycles. The number of amides is 1. The van der Waals surface area contributed by atoms with Crippen LogP contribution in [0.1, 0.15) is 33.1 Å². The van der Waals surface area contributed by atoms with Crippen molar-refractivity contribution in [2.75, 3.05) is 13.1 Å². The summed E-state index contributed by atoms with van der Waals surface area (Å²) in [4.78, 5) is 25.2. The summed E-state index contributed by atoms with van der Waals surface area (Å²) >= 11 is 0. The minimum absolute atomic E-state index is 0.161. The number of carbonyl (C=O) groups is 2. The topological polar surface area (TPSA) is 124 Å². The number of hydrogen-bond acceptors (Lipinski definition) is 5. The number of carboxylic acid groups (broad SMARTS) is 1. The molecule has 1 aliphatic heterocycles. The van der Waals surface area contributed by atoms with Crippen LogP contribution >= 0.6 is 0 Å². The molecule has 1 aliphatic rings. The van der Waals surface area contributed by atoms with E-state index in [1.807, 2.05) is 13.8 Å². The van der Waals surface area contributed by atoms with Crippen molar-refractivity contribution in [2.24, 2.45) is 23.5 Å². The third kappa shape index (κ3) is 5.59. The molecule has 1 saturated heterocycles. The molecule has 126 valence electrons. The Labute approximate surface area is 131 Å². The van der Waals surface area contributed by atoms with Crippen LogP contribution in [-0.2, 0) is 9.59 Å². The van der Waals surface area contributed by atoms with Crippen molar-refractivity contribution in [3.8, 4) is 0 Å². The van der Waals surface area contributed by atoms with Crippen LogP contribution in [-0.4, -0.2) is 58.2 Å². The van der Waals surface area contributed by atoms with Gasteiger partial charge in [0.25, 0.3) is 0 Å². The Kier molecular flexibility index (Phi) is 7.31. The molecule has 22 heavy (non-hydrogen) atoms. The van der Waals surface area contributed by atoms with Gasteiger partial charge in [-0.3, -0.25) is 9.59 Å². The van der Waals surface area contributed by atoms with Gasteiger partial charge in [0, 0.05) is 13.1 Å². The summed E-state index contributed by atoms with van der Waals surface area (Å²) in [5.74, 6) is -1.57. The van der Waals surface area contributed by atoms with Crippen LogP contribution < -0.4 is 5.73 Å². The second-order valence-electron chi connectivity index (χ2n) is 6.60. The fourth-order valence-electron chi connectivity index (χ4n) is 3.03. The monoisotopic (exact) mass is 314 g/mol. The first-order valence-corrected chi connectivity index (χ1v) is 7.85. The van der Waals surface area contributed by atoms with Crippen LogP contribution in [0.5, 0.6) is 0 Å². The van der Waals surface area contributed by atoms with Gasteiger partial charge in [0.15, 0.2) is 0 Å². The largest absolute Gasteiger partial charge is 0.481 e. The highest BCUT2D eigenvalue weighted by Gasteiger charge is 2.40. The first kappa shape index (κ1) is 18.9. The summed E-state index contributed by atoms with van der Waals surface area (Å²) < 4.78 is 0. The molecule has 0 aromatic rings. The summed E-state index contributed by atoms with van der Waals surface area (Å²) in [6.07, 6.45) is 1.86. The first-order valence-electron chi connectivity index (χ1n) is 7.85. The van der Waals surface area contributed by atoms with Gasteiger partial charge < -0.3 is 25.8 Å². The third-order valence-corrected chi connectivity index (χ3v) is 4.15. The number of carboxylic acids is 1. The maximum atomic E-state index is 12.3. The molecule has 0 spiro atoms. The lowest BCUT2D eigenvalue weighted by Crippen LogP contribution is -2.43. The second-order valence-corrected chi connectivity index (χ2v) is 6.60. The van der Waals surface area contributed by atoms with Gasteiger partial charge in [-0.05, 0) is 31.0 Å². The summed E-state index contributed by atoms with van der Waals surface area (Å²) in [6.45, 7) is 4.54. The smallest absolute Gasteiger partial charge is 0.451 e. The average Bonchev–Trinajstić information content (AvgIpc) is 2.80. The quantitative estimate of drug-likeness (QED) is 0.459. The molecule has 2 unspecified atom stereocenters. The van der Waals surface area contributed by atoms with E-state index in [-0.39, 0.29) is 24.7 Å². The summed E-state index contributed by atoms with van der Waals surface area (Å²) in [6, 6.07) is -0.590. The Balaban J connectivity index is 2.61. The van der Waals surface area contributed by atoms with Crippen LogP contribution in [0.3, 0.4) is 0 Å². The van der Waals surface area contributed by atoms with Gasteiger partial charge in [0.2, 0.25) is 5.91 Å². The van der Waals surface area contributed by atoms with Gasteiger partial charge in [0.05, 0.1) is 12.0 Å². The van der Waals surface area contributed by atoms with E-state index in [4.69, 9.17) is 15.8 Å². The molecule has 1 fully saturated rings. The fraction of sp³-hybridized carbons (Fsp3) is 0.857. The minimum Gasteiger partial charge on any atom is -0.481 e. The molecular weight excluding hydrogens is 287 g/mol. The molecule has 8 heteroatoms. The maximum Gasteiger partial charge on any atom is 0.451 e. The first-order chi connectivity index (χ1) is 10.2. The highest BCUT2D eigenvalue weighted by atomic mass is 16.4. The van der Waals surface area contributed by atoms with Crippen molar-refractivity contribution in [2.45, 2.75) is 45.5 Å². The van der Waals surface area contributed by atoms with E-state index in [9.17, 15) is 14.7 Å². The van der Waals surface area contributed by atoms with Gasteiger partial charge in [-0.2, -0.15) is 0 Å². The predicted molar refractivity (Wildman–Crippen MR) is 82.9 cm³/mol. The number of likely N-dealkylation sites (tertiary alicyclic amines) is 1. The predicted octanol–water partition coefficient (Wildman–Crippen LogP) is -0.228. The Morgan fingerprint density at radius 3 is 2.45 bits per heavy atom. The molecular formula is C14H27BN2O5. The lowest BCUT2D eigenvalue weighted by molar-refractivity contribution is -0.142. The third-order valence-electron chi connectivity index (χ3n) is 4.15. The Morgan fingerprint density at radius 2 is 1.95 bits per heavy atom. The average molecular weight is 314 g/mol. The molecule has 7 nitrogen and oxygen atoms in total. The van der Waals surface area contributed by atoms with Crippen LogP contribution in [0.4, 0.5) is 0 Å². The van der Waals surface area contributed by atoms with E-state index >= 15 is 0 Å². The van der Waals surface area contributed by atoms with Gasteiger partial charge >= 0.3 is 13.1 Å². The second kappa shape index (κ2) is 8.50. The van der Waals surface area contributed by atoms with Crippen LogP contribution in [0, 0.1) is 17.8 Å². The molecule has 0 aliphatic carbocycles. The van der Waals surface area contributed by atoms with Crippen molar-refractivity contribution < 1.29 is 24.7 Å². The van der Waals surface area contributed by atoms with Crippen LogP contribution in [0.15, 0.2) is 0 Å². The Hall–Kier alpha value is -1.12. The summed E-state index contributed by atoms with van der Waals surface area (Å²) in [7, 11) is -1.37. The van der Waals surface area contributed by atoms with Gasteiger partial charge in [-0.1, -0.05) is 20.3 Å². The van der Waals surface area contributed by atoms with Crippen molar-refractivity contribution in [3.05, 3.63) is 0 Å². The highest BCUT2D eigenvalue weighted by molar-refractivity contribution is 6.40. The molecule has 0 bridgehead atoms. The van der Waals surface area contributed by atoms with E-state index in [0.717, 1.165) is 0 Å². The zero-order valence-electron chi connectivity index (χ0n) is 13.3. The van der Waals surface area contributed by atoms with E-state index in [1.165, 1.54) is 0 Å². The number of nitrogens with zero attached hydrogens (tertiary/aromatic N) is 1. The molecule has 1 amide bonds. The molecule has 0 aromatic heterocycles. The van der Waals surface area contributed by atoms with Crippen molar-refractivity contribution >= 4 is 19.0 Å². The van der Waals surface area contributed by atoms with Gasteiger partial charge in [0.1, 0.15) is 0 Å². The van der Waals surface area contributed by atoms with E-state index in [2.05, 4.69) is 0 Å². The molecule has 3 atom stereocenters. The summed E-state index contributed by atoms with van der Waals surface area (Å²) in [5, 5.41) is 27.0. The number of nitrogens with two attached hydrogens (primary N) is 1. The van der Waals surface area contributed by atoms with Crippen LogP contribution in [0.25, 0.3) is 0 Å². The van der Waals surface area contributed by atoms with Crippen molar-refractivity contribution in [1.82, 2.24) is 4.90 Å². The minimum atomic E-state index is -1.37. The SMILES string of the molecule is CC(C)C[C@H](N)C(=O)N1CC(CCCB(O)O)C(C(=O)O)C1. The van der Waals surface area contributed by atoms with Gasteiger partial charge in [-0.25, -0.2) is 0 Å². The van der Waals surface area contributed by atoms with E-state index < -0.39 is 25.0 Å². The van der Waals surface area contributed by atoms with Crippen molar-refractivity contribution in [3.63, 3.8) is 0 Å². The van der Waals surface area contributed by atoms with Crippen LogP contribution in [0.2, 0.25) is 6.32 Å². The number of rotatable bonds is 8. The standard InChI is InChI=1S/C14H27BN2O5/c1-9(2)6-12(16)13(18)17-7-10(4-3-5-15(21)22)11(8-17)14(19)20/h9-12,21-22H,3-8,16H2,1-2H3,(H,19,20)/t10?,11?,12-/m0/s1. The van der Waals surface area contributed by atoms with Gasteiger partial charge in [-0.15, -0.1) is 0 Å². The molecule has 5 N–H and O–H groups in total. The normalized spacial score (nSPS) is 22.9. The highest BCUT2D eigenvalue weighted by Crippen LogP contribution is 2.29. The van der Waals surface area contributed by atoms with E-state index in [0.29, 0.717) is 31.7 Å². The number of carbonyl (C=O) groups excluding carboxylic acids is 1. The fourth-order valence-corrected chi connectivity index (χ4v) is 3.03.